The van der Waals surface area contributed by atoms with E-state index in [1.54, 1.807) is 17.0 Å². The average molecular weight is 927 g/mol. The maximum Gasteiger partial charge on any atom is 0.356 e. The van der Waals surface area contributed by atoms with Crippen molar-refractivity contribution < 1.29 is 33.5 Å². The molecule has 2 heterocycles. The Hall–Kier alpha value is -7.04. The van der Waals surface area contributed by atoms with Crippen LogP contribution in [0.2, 0.25) is 0 Å². The highest BCUT2D eigenvalue weighted by Crippen LogP contribution is 2.58. The summed E-state index contributed by atoms with van der Waals surface area (Å²) in [6.45, 7) is -0.467. The third-order valence-corrected chi connectivity index (χ3v) is 18.4. The molecule has 9 rings (SSSR count). The van der Waals surface area contributed by atoms with E-state index < -0.39 is 57.9 Å². The molecule has 2 fully saturated rings. The molecule has 2 aliphatic heterocycles. The Morgan fingerprint density at radius 1 is 0.687 bits per heavy atom. The molecule has 0 saturated carbocycles. The summed E-state index contributed by atoms with van der Waals surface area (Å²) < 4.78 is 17.6. The van der Waals surface area contributed by atoms with E-state index in [-0.39, 0.29) is 23.8 Å². The summed E-state index contributed by atoms with van der Waals surface area (Å²) in [7, 11) is 0. The van der Waals surface area contributed by atoms with Crippen molar-refractivity contribution in [3.05, 3.63) is 239 Å². The van der Waals surface area contributed by atoms with Crippen molar-refractivity contribution in [2.45, 2.75) is 48.9 Å². The Labute approximate surface area is 393 Å². The fourth-order valence-electron chi connectivity index (χ4n) is 9.22. The molecule has 10 nitrogen and oxygen atoms in total. The molecule has 2 aliphatic rings. The van der Waals surface area contributed by atoms with Crippen LogP contribution in [0.25, 0.3) is 0 Å². The minimum absolute atomic E-state index is 0.100. The predicted octanol–water partition coefficient (Wildman–Crippen LogP) is 8.99. The first-order valence-corrected chi connectivity index (χ1v) is 24.7. The first-order chi connectivity index (χ1) is 32.6. The average Bonchev–Trinajstić information content (AvgIpc) is 4.11. The van der Waals surface area contributed by atoms with Crippen molar-refractivity contribution >= 4 is 63.5 Å². The Morgan fingerprint density at radius 3 is 1.46 bits per heavy atom. The molecule has 7 aromatic carbocycles. The van der Waals surface area contributed by atoms with Crippen LogP contribution in [0.4, 0.5) is 5.69 Å². The van der Waals surface area contributed by atoms with Crippen LogP contribution in [0.3, 0.4) is 0 Å². The number of hydrogen-bond acceptors (Lipinski definition) is 9. The van der Waals surface area contributed by atoms with Crippen LogP contribution in [0.1, 0.15) is 36.1 Å². The van der Waals surface area contributed by atoms with Gasteiger partial charge in [-0.25, -0.2) is 4.79 Å². The van der Waals surface area contributed by atoms with Crippen molar-refractivity contribution in [2.75, 3.05) is 0 Å². The number of benzene rings is 7. The quantitative estimate of drug-likeness (QED) is 0.0178. The fraction of sp³-hybridized carbons (Fsp3) is 0.164. The number of β-lactam (4-membered cyclic amide) rings is 1. The Morgan fingerprint density at radius 2 is 1.09 bits per heavy atom. The molecule has 0 aromatic heterocycles. The first-order valence-electron chi connectivity index (χ1n) is 22.0. The molecular weight excluding hydrogens is 880 g/mol. The van der Waals surface area contributed by atoms with Gasteiger partial charge in [0, 0.05) is 25.9 Å². The second-order valence-corrected chi connectivity index (χ2v) is 21.0. The molecule has 0 radical (unpaired) electrons. The highest BCUT2D eigenvalue weighted by atomic mass is 32.2. The fourth-order valence-corrected chi connectivity index (χ4v) is 15.6. The molecule has 5 atom stereocenters. The highest BCUT2D eigenvalue weighted by Gasteiger charge is 2.64. The normalized spacial score (nSPS) is 18.2. The molecule has 1 amide bonds. The van der Waals surface area contributed by atoms with E-state index in [1.165, 1.54) is 30.8 Å². The third kappa shape index (κ3) is 8.62. The second-order valence-electron chi connectivity index (χ2n) is 16.4. The zero-order chi connectivity index (χ0) is 46.5. The molecule has 7 aromatic rings. The SMILES string of the molecule is CC(=O)OC(C1OC1C)[C@H]1C(=O)N(C(C(=O)OCc2ccc([N+](=O)[O-])cc2)=P(c2ccccc2)(c2ccccc2)c2ccccc2)[C@@H]1SC(c1ccccc1)(c1ccccc1)c1ccccc1. The van der Waals surface area contributed by atoms with Crippen LogP contribution >= 0.6 is 18.6 Å². The number of rotatable bonds is 16. The zero-order valence-electron chi connectivity index (χ0n) is 36.7. The lowest BCUT2D eigenvalue weighted by Crippen LogP contribution is -2.69. The molecule has 336 valence electrons. The third-order valence-electron chi connectivity index (χ3n) is 12.3. The van der Waals surface area contributed by atoms with Gasteiger partial charge in [-0.05, 0) is 57.2 Å². The number of ether oxygens (including phenoxy) is 3. The van der Waals surface area contributed by atoms with Gasteiger partial charge in [-0.2, -0.15) is 0 Å². The van der Waals surface area contributed by atoms with Gasteiger partial charge >= 0.3 is 11.9 Å². The lowest BCUT2D eigenvalue weighted by Gasteiger charge is -2.53. The van der Waals surface area contributed by atoms with E-state index in [1.807, 2.05) is 153 Å². The monoisotopic (exact) mass is 926 g/mol. The molecule has 12 heteroatoms. The van der Waals surface area contributed by atoms with E-state index >= 15 is 9.59 Å². The van der Waals surface area contributed by atoms with Crippen molar-refractivity contribution in [2.24, 2.45) is 5.92 Å². The summed E-state index contributed by atoms with van der Waals surface area (Å²) in [4.78, 5) is 57.8. The molecule has 0 aliphatic carbocycles. The molecule has 2 saturated heterocycles. The molecule has 0 spiro atoms. The summed E-state index contributed by atoms with van der Waals surface area (Å²) in [6, 6.07) is 65.3. The predicted molar refractivity (Wildman–Crippen MR) is 264 cm³/mol. The minimum Gasteiger partial charge on any atom is -0.459 e. The molecule has 67 heavy (non-hydrogen) atoms. The van der Waals surface area contributed by atoms with Gasteiger partial charge in [0.1, 0.15) is 30.2 Å². The number of esters is 2. The van der Waals surface area contributed by atoms with E-state index in [0.717, 1.165) is 32.6 Å². The molecule has 0 bridgehead atoms. The van der Waals surface area contributed by atoms with E-state index in [4.69, 9.17) is 14.2 Å². The minimum atomic E-state index is -3.44. The van der Waals surface area contributed by atoms with Crippen molar-refractivity contribution in [3.8, 4) is 0 Å². The van der Waals surface area contributed by atoms with Gasteiger partial charge < -0.3 is 14.2 Å². The lowest BCUT2D eigenvalue weighted by atomic mass is 9.84. The highest BCUT2D eigenvalue weighted by molar-refractivity contribution is 8.01. The summed E-state index contributed by atoms with van der Waals surface area (Å²) in [5, 5.41) is 13.1. The van der Waals surface area contributed by atoms with Gasteiger partial charge in [-0.3, -0.25) is 24.6 Å². The number of nitro benzene ring substituents is 1. The number of amides is 1. The number of carbonyl (C=O) groups is 3. The van der Waals surface area contributed by atoms with E-state index in [2.05, 4.69) is 36.4 Å². The number of carbonyl (C=O) groups excluding carboxylic acids is 3. The van der Waals surface area contributed by atoms with Gasteiger partial charge in [-0.15, -0.1) is 11.8 Å². The second kappa shape index (κ2) is 19.4. The smallest absolute Gasteiger partial charge is 0.356 e. The summed E-state index contributed by atoms with van der Waals surface area (Å²) in [5.74, 6) is -2.72. The first kappa shape index (κ1) is 45.1. The van der Waals surface area contributed by atoms with Crippen LogP contribution in [0.5, 0.6) is 0 Å². The largest absolute Gasteiger partial charge is 0.459 e. The number of nitrogens with zero attached hydrogens (tertiary/aromatic N) is 2. The number of non-ortho nitro benzene ring substituents is 1. The number of thioether (sulfide) groups is 1. The lowest BCUT2D eigenvalue weighted by molar-refractivity contribution is -0.384. The molecule has 3 unspecified atom stereocenters. The number of epoxide rings is 1. The van der Waals surface area contributed by atoms with Crippen molar-refractivity contribution in [1.82, 2.24) is 4.90 Å². The Balaban J connectivity index is 1.36. The van der Waals surface area contributed by atoms with Gasteiger partial charge in [0.2, 0.25) is 5.91 Å². The van der Waals surface area contributed by atoms with Gasteiger partial charge in [0.05, 0.1) is 21.1 Å². The number of likely N-dealkylation sites (tertiary alicyclic amines) is 1. The molecule has 0 N–H and O–H groups in total. The van der Waals surface area contributed by atoms with Crippen LogP contribution in [-0.2, 0) is 39.9 Å². The van der Waals surface area contributed by atoms with Gasteiger partial charge in [-0.1, -0.05) is 182 Å². The van der Waals surface area contributed by atoms with Crippen LogP contribution in [0, 0.1) is 16.0 Å². The summed E-state index contributed by atoms with van der Waals surface area (Å²) in [5.41, 5.74) is 3.32. The van der Waals surface area contributed by atoms with E-state index in [0.29, 0.717) is 5.56 Å². The van der Waals surface area contributed by atoms with E-state index in [9.17, 15) is 14.9 Å². The zero-order valence-corrected chi connectivity index (χ0v) is 38.5. The van der Waals surface area contributed by atoms with Crippen molar-refractivity contribution in [1.29, 1.82) is 0 Å². The number of nitro groups is 1. The van der Waals surface area contributed by atoms with Gasteiger partial charge in [0.25, 0.3) is 5.69 Å². The van der Waals surface area contributed by atoms with Crippen molar-refractivity contribution in [3.63, 3.8) is 0 Å². The van der Waals surface area contributed by atoms with Crippen LogP contribution < -0.4 is 15.9 Å². The van der Waals surface area contributed by atoms with Crippen LogP contribution in [0.15, 0.2) is 206 Å². The summed E-state index contributed by atoms with van der Waals surface area (Å²) in [6.07, 6.45) is -1.86. The molecular formula is C55H47N2O8PS. The maximum atomic E-state index is 16.0. The number of hydrogen-bond donors (Lipinski definition) is 0. The Bertz CT molecular complexity index is 2730. The standard InChI is InChI=1S/C55H47N2O8PS/c1-38-49(64-38)50(65-39(2)58)48-51(59)56(53(48)67-55(41-21-9-3-10-22-41,42-23-11-4-12-24-42)43-25-13-5-14-26-43)52(54(60)63-37-40-33-35-44(36-34-40)57(61)62)66(45-27-15-6-16-28-45,46-29-17-7-18-30-46)47-31-19-8-20-32-47/h3-36,38,48-50,53H,37H2,1-2H3/t38?,48-,49?,50?,53+/m0/s1. The van der Waals surface area contributed by atoms with Gasteiger partial charge in [0.15, 0.2) is 0 Å². The van der Waals surface area contributed by atoms with Crippen LogP contribution in [-0.4, -0.2) is 56.8 Å². The Kier molecular flexibility index (Phi) is 13.1. The summed E-state index contributed by atoms with van der Waals surface area (Å²) >= 11 is 1.51. The maximum absolute atomic E-state index is 16.0. The topological polar surface area (TPSA) is 129 Å².